The van der Waals surface area contributed by atoms with Gasteiger partial charge in [-0.1, -0.05) is 17.7 Å². The zero-order valence-electron chi connectivity index (χ0n) is 8.87. The average molecular weight is 204 g/mol. The van der Waals surface area contributed by atoms with E-state index in [0.29, 0.717) is 12.3 Å². The number of ketones is 1. The van der Waals surface area contributed by atoms with Crippen LogP contribution in [0, 0.1) is 5.92 Å². The van der Waals surface area contributed by atoms with Gasteiger partial charge in [0.25, 0.3) is 0 Å². The van der Waals surface area contributed by atoms with Crippen LogP contribution in [0.15, 0.2) is 23.8 Å². The lowest BCUT2D eigenvalue weighted by molar-refractivity contribution is -0.115. The molecule has 3 rings (SSSR count). The maximum absolute atomic E-state index is 11.3. The van der Waals surface area contributed by atoms with Crippen LogP contribution in [0.4, 0.5) is 0 Å². The molecule has 2 nitrogen and oxygen atoms in total. The van der Waals surface area contributed by atoms with Gasteiger partial charge in [-0.25, -0.2) is 0 Å². The van der Waals surface area contributed by atoms with E-state index in [1.165, 1.54) is 18.4 Å². The molecule has 80 valence electrons. The minimum absolute atomic E-state index is 0.0643. The van der Waals surface area contributed by atoms with E-state index in [-0.39, 0.29) is 11.4 Å². The zero-order valence-corrected chi connectivity index (χ0v) is 8.87. The van der Waals surface area contributed by atoms with Gasteiger partial charge < -0.3 is 4.74 Å². The fourth-order valence-corrected chi connectivity index (χ4v) is 2.95. The van der Waals surface area contributed by atoms with Gasteiger partial charge in [0.1, 0.15) is 0 Å². The number of ether oxygens (including phenoxy) is 1. The van der Waals surface area contributed by atoms with E-state index in [9.17, 15) is 4.79 Å². The molecule has 0 aromatic carbocycles. The maximum atomic E-state index is 11.3. The van der Waals surface area contributed by atoms with Crippen LogP contribution < -0.4 is 0 Å². The molecular formula is C13H16O2. The summed E-state index contributed by atoms with van der Waals surface area (Å²) in [4.78, 5) is 11.3. The Balaban J connectivity index is 1.85. The zero-order chi connectivity index (χ0) is 10.3. The molecular weight excluding hydrogens is 188 g/mol. The standard InChI is InChI=1S/C13H16O2/c14-12-6-10-8-13(4-2-1-3-5-13)15-9-11(10)7-12/h2,4,6,11H,1,3,5,7-9H2. The van der Waals surface area contributed by atoms with Gasteiger partial charge in [-0.2, -0.15) is 0 Å². The first-order valence-electron chi connectivity index (χ1n) is 5.82. The second-order valence-electron chi connectivity index (χ2n) is 4.93. The smallest absolute Gasteiger partial charge is 0.156 e. The molecule has 2 heteroatoms. The molecule has 0 N–H and O–H groups in total. The first-order chi connectivity index (χ1) is 7.27. The predicted octanol–water partition coefficient (Wildman–Crippen LogP) is 2.40. The van der Waals surface area contributed by atoms with Gasteiger partial charge in [-0.05, 0) is 25.3 Å². The Kier molecular flexibility index (Phi) is 2.06. The summed E-state index contributed by atoms with van der Waals surface area (Å²) in [6.45, 7) is 0.738. The van der Waals surface area contributed by atoms with E-state index in [1.54, 1.807) is 0 Å². The number of hydrogen-bond acceptors (Lipinski definition) is 2. The van der Waals surface area contributed by atoms with Crippen molar-refractivity contribution in [2.24, 2.45) is 5.92 Å². The SMILES string of the molecule is O=C1C=C2CC3(C=CCCC3)OCC2C1. The van der Waals surface area contributed by atoms with Crippen molar-refractivity contribution in [1.29, 1.82) is 0 Å². The van der Waals surface area contributed by atoms with E-state index in [4.69, 9.17) is 4.74 Å². The molecule has 1 saturated heterocycles. The third-order valence-electron chi connectivity index (χ3n) is 3.79. The Morgan fingerprint density at radius 2 is 2.40 bits per heavy atom. The van der Waals surface area contributed by atoms with E-state index in [1.807, 2.05) is 6.08 Å². The van der Waals surface area contributed by atoms with Crippen LogP contribution in [0.25, 0.3) is 0 Å². The normalized spacial score (nSPS) is 39.3. The highest BCUT2D eigenvalue weighted by atomic mass is 16.5. The molecule has 0 radical (unpaired) electrons. The van der Waals surface area contributed by atoms with Gasteiger partial charge >= 0.3 is 0 Å². The summed E-state index contributed by atoms with van der Waals surface area (Å²) in [5, 5.41) is 0. The maximum Gasteiger partial charge on any atom is 0.156 e. The molecule has 0 saturated carbocycles. The van der Waals surface area contributed by atoms with Crippen LogP contribution in [0.5, 0.6) is 0 Å². The van der Waals surface area contributed by atoms with E-state index in [2.05, 4.69) is 12.2 Å². The van der Waals surface area contributed by atoms with Gasteiger partial charge in [0, 0.05) is 18.8 Å². The topological polar surface area (TPSA) is 26.3 Å². The van der Waals surface area contributed by atoms with Crippen molar-refractivity contribution >= 4 is 5.78 Å². The molecule has 0 amide bonds. The fraction of sp³-hybridized carbons (Fsp3) is 0.615. The van der Waals surface area contributed by atoms with Crippen LogP contribution in [0.3, 0.4) is 0 Å². The van der Waals surface area contributed by atoms with Gasteiger partial charge in [-0.15, -0.1) is 0 Å². The minimum atomic E-state index is -0.0643. The van der Waals surface area contributed by atoms with Crippen molar-refractivity contribution in [2.75, 3.05) is 6.61 Å². The molecule has 3 aliphatic rings. The molecule has 2 atom stereocenters. The van der Waals surface area contributed by atoms with E-state index in [0.717, 1.165) is 19.4 Å². The van der Waals surface area contributed by atoms with Crippen molar-refractivity contribution in [3.8, 4) is 0 Å². The quantitative estimate of drug-likeness (QED) is 0.566. The molecule has 15 heavy (non-hydrogen) atoms. The first kappa shape index (κ1) is 9.34. The van der Waals surface area contributed by atoms with Crippen LogP contribution >= 0.6 is 0 Å². The number of hydrogen-bond donors (Lipinski definition) is 0. The highest BCUT2D eigenvalue weighted by Crippen LogP contribution is 2.42. The Morgan fingerprint density at radius 3 is 3.20 bits per heavy atom. The van der Waals surface area contributed by atoms with E-state index < -0.39 is 0 Å². The Bertz CT molecular complexity index is 354. The number of carbonyl (C=O) groups excluding carboxylic acids is 1. The monoisotopic (exact) mass is 204 g/mol. The minimum Gasteiger partial charge on any atom is -0.370 e. The first-order valence-corrected chi connectivity index (χ1v) is 5.82. The fourth-order valence-electron chi connectivity index (χ4n) is 2.95. The van der Waals surface area contributed by atoms with Crippen LogP contribution in [-0.2, 0) is 9.53 Å². The number of carbonyl (C=O) groups is 1. The lowest BCUT2D eigenvalue weighted by atomic mass is 9.80. The van der Waals surface area contributed by atoms with Gasteiger partial charge in [-0.3, -0.25) is 4.79 Å². The molecule has 1 heterocycles. The second kappa shape index (κ2) is 3.31. The molecule has 0 bridgehead atoms. The Labute approximate surface area is 90.0 Å². The van der Waals surface area contributed by atoms with Crippen molar-refractivity contribution in [2.45, 2.75) is 37.7 Å². The van der Waals surface area contributed by atoms with Crippen molar-refractivity contribution in [1.82, 2.24) is 0 Å². The van der Waals surface area contributed by atoms with Crippen molar-refractivity contribution < 1.29 is 9.53 Å². The number of fused-ring (bicyclic) bond motifs is 1. The van der Waals surface area contributed by atoms with Gasteiger partial charge in [0.15, 0.2) is 5.78 Å². The van der Waals surface area contributed by atoms with Crippen LogP contribution in [0.1, 0.15) is 32.1 Å². The summed E-state index contributed by atoms with van der Waals surface area (Å²) in [6.07, 6.45) is 11.4. The lowest BCUT2D eigenvalue weighted by Gasteiger charge is -2.40. The lowest BCUT2D eigenvalue weighted by Crippen LogP contribution is -2.39. The number of allylic oxidation sites excluding steroid dienone is 2. The highest BCUT2D eigenvalue weighted by molar-refractivity contribution is 5.93. The van der Waals surface area contributed by atoms with Crippen molar-refractivity contribution in [3.05, 3.63) is 23.8 Å². The van der Waals surface area contributed by atoms with E-state index >= 15 is 0 Å². The summed E-state index contributed by atoms with van der Waals surface area (Å²) in [5.41, 5.74) is 1.27. The summed E-state index contributed by atoms with van der Waals surface area (Å²) in [6, 6.07) is 0. The predicted molar refractivity (Wildman–Crippen MR) is 57.5 cm³/mol. The summed E-state index contributed by atoms with van der Waals surface area (Å²) < 4.78 is 5.99. The van der Waals surface area contributed by atoms with Crippen LogP contribution in [0.2, 0.25) is 0 Å². The summed E-state index contributed by atoms with van der Waals surface area (Å²) in [7, 11) is 0. The van der Waals surface area contributed by atoms with Gasteiger partial charge in [0.05, 0.1) is 12.2 Å². The third-order valence-corrected chi connectivity index (χ3v) is 3.79. The third kappa shape index (κ3) is 1.57. The average Bonchev–Trinajstić information content (AvgIpc) is 2.58. The molecule has 1 aliphatic heterocycles. The summed E-state index contributed by atoms with van der Waals surface area (Å²) >= 11 is 0. The molecule has 0 aromatic heterocycles. The van der Waals surface area contributed by atoms with Gasteiger partial charge in [0.2, 0.25) is 0 Å². The van der Waals surface area contributed by atoms with Crippen molar-refractivity contribution in [3.63, 3.8) is 0 Å². The molecule has 1 fully saturated rings. The Hall–Kier alpha value is -0.890. The number of rotatable bonds is 0. The molecule has 1 spiro atoms. The molecule has 2 aliphatic carbocycles. The van der Waals surface area contributed by atoms with Crippen LogP contribution in [-0.4, -0.2) is 18.0 Å². The second-order valence-corrected chi connectivity index (χ2v) is 4.93. The molecule has 0 aromatic rings. The summed E-state index contributed by atoms with van der Waals surface area (Å²) in [5.74, 6) is 0.675. The Morgan fingerprint density at radius 1 is 1.47 bits per heavy atom. The highest BCUT2D eigenvalue weighted by Gasteiger charge is 2.40. The largest absolute Gasteiger partial charge is 0.370 e. The molecule has 2 unspecified atom stereocenters.